The quantitative estimate of drug-likeness (QED) is 0.774. The lowest BCUT2D eigenvalue weighted by molar-refractivity contribution is 0.672. The number of fused-ring (bicyclic) bond motifs is 1. The van der Waals surface area contributed by atoms with Crippen molar-refractivity contribution < 1.29 is 0 Å². The van der Waals surface area contributed by atoms with Crippen molar-refractivity contribution in [2.24, 2.45) is 5.73 Å². The summed E-state index contributed by atoms with van der Waals surface area (Å²) in [6.45, 7) is 3.14. The highest BCUT2D eigenvalue weighted by Crippen LogP contribution is 2.22. The maximum Gasteiger partial charge on any atom is 0.129 e. The van der Waals surface area contributed by atoms with E-state index in [9.17, 15) is 0 Å². The van der Waals surface area contributed by atoms with Gasteiger partial charge in [-0.25, -0.2) is 9.97 Å². The van der Waals surface area contributed by atoms with E-state index in [2.05, 4.69) is 25.5 Å². The fourth-order valence-corrected chi connectivity index (χ4v) is 2.89. The molecule has 0 saturated heterocycles. The summed E-state index contributed by atoms with van der Waals surface area (Å²) in [6.07, 6.45) is 5.76. The molecule has 112 valence electrons. The molecule has 21 heavy (non-hydrogen) atoms. The van der Waals surface area contributed by atoms with Crippen molar-refractivity contribution in [3.05, 3.63) is 34.5 Å². The van der Waals surface area contributed by atoms with Crippen molar-refractivity contribution >= 4 is 5.82 Å². The van der Waals surface area contributed by atoms with E-state index < -0.39 is 0 Å². The second kappa shape index (κ2) is 6.22. The molecule has 0 fully saturated rings. The zero-order valence-electron chi connectivity index (χ0n) is 12.4. The number of aromatic nitrogens is 4. The molecule has 0 aromatic carbocycles. The maximum atomic E-state index is 5.64. The molecule has 0 spiro atoms. The Morgan fingerprint density at radius 1 is 1.29 bits per heavy atom. The Morgan fingerprint density at radius 3 is 3.00 bits per heavy atom. The van der Waals surface area contributed by atoms with Crippen LogP contribution in [-0.4, -0.2) is 26.7 Å². The number of nitrogens with one attached hydrogen (secondary N) is 2. The lowest BCUT2D eigenvalue weighted by atomic mass is 9.95. The fraction of sp³-hybridized carbons (Fsp3) is 0.533. The van der Waals surface area contributed by atoms with Gasteiger partial charge in [-0.15, -0.1) is 0 Å². The van der Waals surface area contributed by atoms with Crippen LogP contribution in [0.2, 0.25) is 0 Å². The van der Waals surface area contributed by atoms with Gasteiger partial charge in [0.25, 0.3) is 0 Å². The second-order valence-electron chi connectivity index (χ2n) is 5.51. The first-order chi connectivity index (χ1) is 10.3. The van der Waals surface area contributed by atoms with Gasteiger partial charge in [0.1, 0.15) is 11.6 Å². The first kappa shape index (κ1) is 14.0. The van der Waals surface area contributed by atoms with E-state index in [0.29, 0.717) is 6.54 Å². The van der Waals surface area contributed by atoms with Crippen LogP contribution in [0.1, 0.15) is 41.3 Å². The summed E-state index contributed by atoms with van der Waals surface area (Å²) in [5.74, 6) is 1.59. The summed E-state index contributed by atoms with van der Waals surface area (Å²) in [7, 11) is 0. The van der Waals surface area contributed by atoms with E-state index in [4.69, 9.17) is 5.73 Å². The maximum absolute atomic E-state index is 5.64. The monoisotopic (exact) mass is 286 g/mol. The van der Waals surface area contributed by atoms with Crippen LogP contribution in [0.3, 0.4) is 0 Å². The lowest BCUT2D eigenvalue weighted by Crippen LogP contribution is -2.11. The van der Waals surface area contributed by atoms with Crippen LogP contribution < -0.4 is 11.1 Å². The molecule has 0 aliphatic heterocycles. The highest BCUT2D eigenvalue weighted by Gasteiger charge is 2.16. The van der Waals surface area contributed by atoms with Crippen LogP contribution in [0.15, 0.2) is 6.07 Å². The number of H-pyrrole nitrogens is 1. The Hall–Kier alpha value is -1.95. The Bertz CT molecular complexity index is 619. The van der Waals surface area contributed by atoms with Crippen LogP contribution >= 0.6 is 0 Å². The Labute approximate surface area is 124 Å². The number of aromatic amines is 1. The minimum atomic E-state index is 0.435. The molecule has 4 N–H and O–H groups in total. The summed E-state index contributed by atoms with van der Waals surface area (Å²) in [4.78, 5) is 8.66. The zero-order chi connectivity index (χ0) is 14.7. The van der Waals surface area contributed by atoms with Gasteiger partial charge in [-0.2, -0.15) is 5.10 Å². The first-order valence-electron chi connectivity index (χ1n) is 7.60. The average molecular weight is 286 g/mol. The van der Waals surface area contributed by atoms with Crippen molar-refractivity contribution in [3.63, 3.8) is 0 Å². The molecule has 6 heteroatoms. The van der Waals surface area contributed by atoms with E-state index in [0.717, 1.165) is 43.1 Å². The molecule has 0 amide bonds. The molecule has 0 saturated carbocycles. The Morgan fingerprint density at radius 2 is 2.14 bits per heavy atom. The number of rotatable bonds is 5. The van der Waals surface area contributed by atoms with E-state index >= 15 is 0 Å². The standard InChI is InChI=1S/C15H22N6/c1-10-18-11(9-16)8-15(19-10)17-7-6-14-12-4-2-3-5-13(12)20-21-14/h8H,2-7,9,16H2,1H3,(H,20,21)(H,17,18,19). The number of hydrogen-bond donors (Lipinski definition) is 3. The van der Waals surface area contributed by atoms with Crippen LogP contribution in [0.4, 0.5) is 5.82 Å². The predicted molar refractivity (Wildman–Crippen MR) is 82.1 cm³/mol. The van der Waals surface area contributed by atoms with Crippen molar-refractivity contribution in [2.45, 2.75) is 45.6 Å². The minimum absolute atomic E-state index is 0.435. The summed E-state index contributed by atoms with van der Waals surface area (Å²) in [5, 5.41) is 11.0. The molecule has 0 bridgehead atoms. The third-order valence-electron chi connectivity index (χ3n) is 3.91. The van der Waals surface area contributed by atoms with Crippen molar-refractivity contribution in [1.29, 1.82) is 0 Å². The number of aryl methyl sites for hydroxylation is 2. The average Bonchev–Trinajstić information content (AvgIpc) is 2.90. The Kier molecular flexibility index (Phi) is 4.15. The van der Waals surface area contributed by atoms with E-state index in [1.165, 1.54) is 29.8 Å². The largest absolute Gasteiger partial charge is 0.370 e. The summed E-state index contributed by atoms with van der Waals surface area (Å²) in [6, 6.07) is 1.91. The minimum Gasteiger partial charge on any atom is -0.370 e. The SMILES string of the molecule is Cc1nc(CN)cc(NCCc2n[nH]c3c2CCCC3)n1. The van der Waals surface area contributed by atoms with Crippen molar-refractivity contribution in [1.82, 2.24) is 20.2 Å². The van der Waals surface area contributed by atoms with Gasteiger partial charge in [-0.05, 0) is 38.2 Å². The summed E-state index contributed by atoms with van der Waals surface area (Å²) in [5.41, 5.74) is 10.5. The van der Waals surface area contributed by atoms with Gasteiger partial charge in [0.2, 0.25) is 0 Å². The molecule has 3 rings (SSSR count). The molecule has 2 aromatic rings. The lowest BCUT2D eigenvalue weighted by Gasteiger charge is -2.11. The van der Waals surface area contributed by atoms with Gasteiger partial charge >= 0.3 is 0 Å². The van der Waals surface area contributed by atoms with Crippen LogP contribution in [0.5, 0.6) is 0 Å². The number of anilines is 1. The molecule has 0 radical (unpaired) electrons. The molecule has 0 atom stereocenters. The molecule has 2 heterocycles. The summed E-state index contributed by atoms with van der Waals surface area (Å²) < 4.78 is 0. The topological polar surface area (TPSA) is 92.5 Å². The Balaban J connectivity index is 1.61. The van der Waals surface area contributed by atoms with Gasteiger partial charge < -0.3 is 11.1 Å². The number of nitrogens with zero attached hydrogens (tertiary/aromatic N) is 3. The van der Waals surface area contributed by atoms with Crippen molar-refractivity contribution in [3.8, 4) is 0 Å². The molecule has 6 nitrogen and oxygen atoms in total. The van der Waals surface area contributed by atoms with Gasteiger partial charge in [-0.3, -0.25) is 5.10 Å². The van der Waals surface area contributed by atoms with Crippen LogP contribution in [0, 0.1) is 6.92 Å². The number of hydrogen-bond acceptors (Lipinski definition) is 5. The highest BCUT2D eigenvalue weighted by atomic mass is 15.1. The van der Waals surface area contributed by atoms with Gasteiger partial charge in [0.15, 0.2) is 0 Å². The van der Waals surface area contributed by atoms with E-state index in [-0.39, 0.29) is 0 Å². The van der Waals surface area contributed by atoms with Crippen molar-refractivity contribution in [2.75, 3.05) is 11.9 Å². The first-order valence-corrected chi connectivity index (χ1v) is 7.60. The van der Waals surface area contributed by atoms with Gasteiger partial charge in [-0.1, -0.05) is 0 Å². The zero-order valence-corrected chi connectivity index (χ0v) is 12.4. The van der Waals surface area contributed by atoms with Crippen LogP contribution in [0.25, 0.3) is 0 Å². The fourth-order valence-electron chi connectivity index (χ4n) is 2.89. The molecule has 1 aliphatic rings. The predicted octanol–water partition coefficient (Wildman–Crippen LogP) is 1.50. The smallest absolute Gasteiger partial charge is 0.129 e. The van der Waals surface area contributed by atoms with Gasteiger partial charge in [0, 0.05) is 31.3 Å². The normalized spacial score (nSPS) is 14.0. The molecule has 1 aliphatic carbocycles. The van der Waals surface area contributed by atoms with E-state index in [1.54, 1.807) is 0 Å². The molecule has 0 unspecified atom stereocenters. The third-order valence-corrected chi connectivity index (χ3v) is 3.91. The second-order valence-corrected chi connectivity index (χ2v) is 5.51. The van der Waals surface area contributed by atoms with Gasteiger partial charge in [0.05, 0.1) is 11.4 Å². The molecular formula is C15H22N6. The summed E-state index contributed by atoms with van der Waals surface area (Å²) >= 11 is 0. The molecular weight excluding hydrogens is 264 g/mol. The number of nitrogens with two attached hydrogens (primary N) is 1. The molecule has 2 aromatic heterocycles. The highest BCUT2D eigenvalue weighted by molar-refractivity contribution is 5.36. The third kappa shape index (κ3) is 3.21. The van der Waals surface area contributed by atoms with E-state index in [1.807, 2.05) is 13.0 Å². The van der Waals surface area contributed by atoms with Crippen LogP contribution in [-0.2, 0) is 25.8 Å².